The van der Waals surface area contributed by atoms with Gasteiger partial charge in [0.05, 0.1) is 5.54 Å². The van der Waals surface area contributed by atoms with Crippen LogP contribution in [0.2, 0.25) is 0 Å². The highest BCUT2D eigenvalue weighted by atomic mass is 35.5. The number of nitrogens with zero attached hydrogens (tertiary/aromatic N) is 3. The highest BCUT2D eigenvalue weighted by Crippen LogP contribution is 2.39. The Morgan fingerprint density at radius 2 is 1.86 bits per heavy atom. The van der Waals surface area contributed by atoms with Gasteiger partial charge in [0.1, 0.15) is 5.54 Å². The van der Waals surface area contributed by atoms with E-state index in [1.807, 2.05) is 6.92 Å². The fraction of sp³-hybridized carbons (Fsp3) is 0.769. The lowest BCUT2D eigenvalue weighted by molar-refractivity contribution is -0.137. The van der Waals surface area contributed by atoms with Crippen LogP contribution in [0, 0.1) is 5.92 Å². The Balaban J connectivity index is 3.03. The van der Waals surface area contributed by atoms with E-state index in [9.17, 15) is 14.4 Å². The van der Waals surface area contributed by atoms with Gasteiger partial charge in [-0.3, -0.25) is 9.59 Å². The van der Waals surface area contributed by atoms with Gasteiger partial charge in [0.25, 0.3) is 5.91 Å². The second-order valence-corrected chi connectivity index (χ2v) is 7.36. The van der Waals surface area contributed by atoms with E-state index in [0.717, 1.165) is 8.84 Å². The molecule has 9 heteroatoms. The standard InChI is InChI=1S/C13H20Cl3N3O3/c1-6-8(2)9(20)18(15)12(3,4)7-13(5)10(21)17(14)11(22)19(13)16/h8H,6-7H2,1-5H3. The first-order valence-electron chi connectivity index (χ1n) is 6.90. The maximum Gasteiger partial charge on any atom is 0.357 e. The van der Waals surface area contributed by atoms with Gasteiger partial charge < -0.3 is 0 Å². The lowest BCUT2D eigenvalue weighted by atomic mass is 9.85. The SMILES string of the molecule is CCC(C)C(=O)N(Cl)C(C)(C)CC1(C)C(=O)N(Cl)C(=O)N1Cl. The molecule has 2 unspecified atom stereocenters. The number of amides is 4. The van der Waals surface area contributed by atoms with Crippen LogP contribution in [0.15, 0.2) is 0 Å². The van der Waals surface area contributed by atoms with E-state index in [4.69, 9.17) is 35.3 Å². The van der Waals surface area contributed by atoms with Gasteiger partial charge in [0.2, 0.25) is 5.91 Å². The summed E-state index contributed by atoms with van der Waals surface area (Å²) in [6, 6.07) is -0.819. The minimum Gasteiger partial charge on any atom is -0.273 e. The Hall–Kier alpha value is -0.720. The molecule has 4 amide bonds. The smallest absolute Gasteiger partial charge is 0.273 e. The largest absolute Gasteiger partial charge is 0.357 e. The zero-order chi connectivity index (χ0) is 17.5. The van der Waals surface area contributed by atoms with Crippen LogP contribution in [0.5, 0.6) is 0 Å². The summed E-state index contributed by atoms with van der Waals surface area (Å²) in [6.07, 6.45) is 0.687. The molecule has 1 saturated heterocycles. The molecule has 126 valence electrons. The number of carbonyl (C=O) groups excluding carboxylic acids is 3. The van der Waals surface area contributed by atoms with Crippen molar-refractivity contribution >= 4 is 53.2 Å². The number of rotatable bonds is 5. The van der Waals surface area contributed by atoms with Crippen LogP contribution in [-0.2, 0) is 9.59 Å². The van der Waals surface area contributed by atoms with E-state index in [-0.39, 0.29) is 18.2 Å². The first-order chi connectivity index (χ1) is 9.90. The quantitative estimate of drug-likeness (QED) is 0.548. The van der Waals surface area contributed by atoms with Crippen molar-refractivity contribution in [2.45, 2.75) is 58.5 Å². The van der Waals surface area contributed by atoms with Gasteiger partial charge in [0.15, 0.2) is 0 Å². The molecule has 0 aliphatic carbocycles. The van der Waals surface area contributed by atoms with Crippen molar-refractivity contribution in [1.82, 2.24) is 13.3 Å². The lowest BCUT2D eigenvalue weighted by Crippen LogP contribution is -2.53. The monoisotopic (exact) mass is 371 g/mol. The topological polar surface area (TPSA) is 60.9 Å². The average molecular weight is 373 g/mol. The molecule has 0 aromatic rings. The summed E-state index contributed by atoms with van der Waals surface area (Å²) in [5.74, 6) is -1.15. The van der Waals surface area contributed by atoms with Gasteiger partial charge in [-0.2, -0.15) is 4.42 Å². The third kappa shape index (κ3) is 3.14. The molecule has 1 fully saturated rings. The van der Waals surface area contributed by atoms with Crippen LogP contribution in [0.25, 0.3) is 0 Å². The normalized spacial score (nSPS) is 24.0. The summed E-state index contributed by atoms with van der Waals surface area (Å²) in [6.45, 7) is 8.54. The van der Waals surface area contributed by atoms with E-state index in [2.05, 4.69) is 0 Å². The van der Waals surface area contributed by atoms with Gasteiger partial charge in [0, 0.05) is 47.7 Å². The maximum atomic E-state index is 12.2. The van der Waals surface area contributed by atoms with Crippen LogP contribution >= 0.6 is 35.3 Å². The predicted octanol–water partition coefficient (Wildman–Crippen LogP) is 3.51. The number of halogens is 3. The molecule has 6 nitrogen and oxygen atoms in total. The molecule has 1 rings (SSSR count). The second kappa shape index (κ2) is 6.42. The van der Waals surface area contributed by atoms with E-state index in [1.54, 1.807) is 20.8 Å². The summed E-state index contributed by atoms with van der Waals surface area (Å²) in [5.41, 5.74) is -2.30. The number of carbonyl (C=O) groups is 3. The molecule has 22 heavy (non-hydrogen) atoms. The van der Waals surface area contributed by atoms with Crippen molar-refractivity contribution in [2.24, 2.45) is 5.92 Å². The van der Waals surface area contributed by atoms with Gasteiger partial charge in [-0.25, -0.2) is 13.6 Å². The predicted molar refractivity (Wildman–Crippen MR) is 85.0 cm³/mol. The van der Waals surface area contributed by atoms with Gasteiger partial charge >= 0.3 is 6.03 Å². The average Bonchev–Trinajstić information content (AvgIpc) is 2.60. The van der Waals surface area contributed by atoms with Crippen molar-refractivity contribution in [2.75, 3.05) is 0 Å². The number of imide groups is 1. The third-order valence-electron chi connectivity index (χ3n) is 3.94. The molecule has 0 N–H and O–H groups in total. The summed E-state index contributed by atoms with van der Waals surface area (Å²) < 4.78 is 2.27. The van der Waals surface area contributed by atoms with Crippen molar-refractivity contribution < 1.29 is 14.4 Å². The highest BCUT2D eigenvalue weighted by Gasteiger charge is 2.57. The summed E-state index contributed by atoms with van der Waals surface area (Å²) in [4.78, 5) is 36.2. The summed E-state index contributed by atoms with van der Waals surface area (Å²) in [7, 11) is 0. The zero-order valence-corrected chi connectivity index (χ0v) is 15.5. The van der Waals surface area contributed by atoms with Crippen molar-refractivity contribution in [3.05, 3.63) is 0 Å². The van der Waals surface area contributed by atoms with Gasteiger partial charge in [-0.1, -0.05) is 13.8 Å². The number of hydrogen-bond acceptors (Lipinski definition) is 3. The van der Waals surface area contributed by atoms with Crippen LogP contribution in [0.3, 0.4) is 0 Å². The zero-order valence-electron chi connectivity index (χ0n) is 13.2. The van der Waals surface area contributed by atoms with Crippen LogP contribution < -0.4 is 0 Å². The maximum absolute atomic E-state index is 12.2. The highest BCUT2D eigenvalue weighted by molar-refractivity contribution is 6.39. The summed E-state index contributed by atoms with van der Waals surface area (Å²) in [5, 5.41) is 0. The Kier molecular flexibility index (Phi) is 5.64. The number of hydrogen-bond donors (Lipinski definition) is 0. The molecule has 0 saturated carbocycles. The molecular weight excluding hydrogens is 353 g/mol. The molecule has 0 radical (unpaired) electrons. The minimum atomic E-state index is -1.38. The van der Waals surface area contributed by atoms with Crippen LogP contribution in [0.4, 0.5) is 4.79 Å². The Morgan fingerprint density at radius 1 is 1.36 bits per heavy atom. The fourth-order valence-corrected chi connectivity index (χ4v) is 3.12. The van der Waals surface area contributed by atoms with Gasteiger partial charge in [-0.15, -0.1) is 0 Å². The van der Waals surface area contributed by atoms with E-state index in [0.29, 0.717) is 10.8 Å². The molecule has 0 spiro atoms. The Bertz CT molecular complexity index is 500. The van der Waals surface area contributed by atoms with Crippen LogP contribution in [0.1, 0.15) is 47.5 Å². The van der Waals surface area contributed by atoms with Crippen molar-refractivity contribution in [1.29, 1.82) is 0 Å². The van der Waals surface area contributed by atoms with E-state index < -0.39 is 23.0 Å². The molecular formula is C13H20Cl3N3O3. The number of urea groups is 1. The molecule has 2 atom stereocenters. The second-order valence-electron chi connectivity index (χ2n) is 6.34. The first-order valence-corrected chi connectivity index (χ1v) is 7.91. The van der Waals surface area contributed by atoms with E-state index in [1.165, 1.54) is 6.92 Å². The fourth-order valence-electron chi connectivity index (χ4n) is 2.39. The molecule has 0 aromatic carbocycles. The minimum absolute atomic E-state index is 0.0446. The van der Waals surface area contributed by atoms with Crippen molar-refractivity contribution in [3.63, 3.8) is 0 Å². The molecule has 0 aromatic heterocycles. The molecule has 1 aliphatic heterocycles. The van der Waals surface area contributed by atoms with E-state index >= 15 is 0 Å². The molecule has 0 bridgehead atoms. The van der Waals surface area contributed by atoms with Crippen molar-refractivity contribution in [3.8, 4) is 0 Å². The Labute approximate surface area is 145 Å². The molecule has 1 aliphatic rings. The van der Waals surface area contributed by atoms with Gasteiger partial charge in [-0.05, 0) is 27.2 Å². The Morgan fingerprint density at radius 3 is 2.23 bits per heavy atom. The molecule has 1 heterocycles. The summed E-state index contributed by atoms with van der Waals surface area (Å²) >= 11 is 17.7. The van der Waals surface area contributed by atoms with Crippen LogP contribution in [-0.4, -0.2) is 42.2 Å². The third-order valence-corrected chi connectivity index (χ3v) is 5.38. The lowest BCUT2D eigenvalue weighted by Gasteiger charge is -2.39. The first kappa shape index (κ1) is 19.3.